The molecule has 1 fully saturated rings. The smallest absolute Gasteiger partial charge is 0.168 e. The zero-order valence-corrected chi connectivity index (χ0v) is 21.0. The molecule has 1 heterocycles. The molecule has 3 aromatic rings. The number of rotatable bonds is 8. The van der Waals surface area contributed by atoms with Gasteiger partial charge in [-0.3, -0.25) is 9.59 Å². The third-order valence-electron chi connectivity index (χ3n) is 7.61. The normalized spacial score (nSPS) is 14.6. The van der Waals surface area contributed by atoms with Crippen molar-refractivity contribution in [3.8, 4) is 0 Å². The molecule has 1 aromatic heterocycles. The van der Waals surface area contributed by atoms with Gasteiger partial charge in [-0.1, -0.05) is 70.0 Å². The minimum Gasteiger partial charge on any atom is -0.339 e. The van der Waals surface area contributed by atoms with Crippen LogP contribution in [0.4, 0.5) is 0 Å². The SMILES string of the molecule is CC(=O)C(C)(C)Cc1c(C(=O)C2CCC2)c2cc(C(C)C)ccc2n1Cc1ccc(C)cc1. The third-order valence-corrected chi connectivity index (χ3v) is 7.61. The fourth-order valence-electron chi connectivity index (χ4n) is 4.72. The van der Waals surface area contributed by atoms with Crippen LogP contribution in [-0.2, 0) is 17.8 Å². The van der Waals surface area contributed by atoms with Crippen LogP contribution in [-0.4, -0.2) is 16.1 Å². The summed E-state index contributed by atoms with van der Waals surface area (Å²) in [6.45, 7) is 12.8. The topological polar surface area (TPSA) is 39.1 Å². The Morgan fingerprint density at radius 3 is 2.27 bits per heavy atom. The summed E-state index contributed by atoms with van der Waals surface area (Å²) in [5.41, 5.74) is 6.12. The van der Waals surface area contributed by atoms with Gasteiger partial charge in [0.25, 0.3) is 0 Å². The lowest BCUT2D eigenvalue weighted by Crippen LogP contribution is -2.28. The second kappa shape index (κ2) is 8.93. The van der Waals surface area contributed by atoms with Crippen molar-refractivity contribution in [3.63, 3.8) is 0 Å². The molecule has 0 amide bonds. The van der Waals surface area contributed by atoms with E-state index in [4.69, 9.17) is 0 Å². The molecule has 1 aliphatic rings. The van der Waals surface area contributed by atoms with Crippen molar-refractivity contribution >= 4 is 22.5 Å². The van der Waals surface area contributed by atoms with Gasteiger partial charge in [0.1, 0.15) is 5.78 Å². The molecule has 0 saturated heterocycles. The van der Waals surface area contributed by atoms with Crippen LogP contribution >= 0.6 is 0 Å². The Bertz CT molecular complexity index is 1190. The number of aromatic nitrogens is 1. The predicted octanol–water partition coefficient (Wildman–Crippen LogP) is 7.26. The fourth-order valence-corrected chi connectivity index (χ4v) is 4.72. The van der Waals surface area contributed by atoms with Gasteiger partial charge in [0.05, 0.1) is 0 Å². The maximum atomic E-state index is 13.8. The largest absolute Gasteiger partial charge is 0.339 e. The van der Waals surface area contributed by atoms with Gasteiger partial charge in [-0.05, 0) is 55.9 Å². The van der Waals surface area contributed by atoms with Crippen LogP contribution in [0.25, 0.3) is 10.9 Å². The number of hydrogen-bond donors (Lipinski definition) is 0. The minimum atomic E-state index is -0.533. The highest BCUT2D eigenvalue weighted by Gasteiger charge is 2.35. The van der Waals surface area contributed by atoms with Gasteiger partial charge in [-0.25, -0.2) is 0 Å². The molecule has 33 heavy (non-hydrogen) atoms. The maximum absolute atomic E-state index is 13.8. The number of hydrogen-bond acceptors (Lipinski definition) is 2. The van der Waals surface area contributed by atoms with E-state index in [1.54, 1.807) is 6.92 Å². The Labute approximate surface area is 198 Å². The highest BCUT2D eigenvalue weighted by Crippen LogP contribution is 2.39. The number of carbonyl (C=O) groups excluding carboxylic acids is 2. The summed E-state index contributed by atoms with van der Waals surface area (Å²) in [7, 11) is 0. The highest BCUT2D eigenvalue weighted by molar-refractivity contribution is 6.11. The Hall–Kier alpha value is -2.68. The van der Waals surface area contributed by atoms with Gasteiger partial charge in [-0.15, -0.1) is 0 Å². The van der Waals surface area contributed by atoms with Gasteiger partial charge in [0.15, 0.2) is 5.78 Å². The molecule has 0 radical (unpaired) electrons. The molecular weight excluding hydrogens is 406 g/mol. The lowest BCUT2D eigenvalue weighted by Gasteiger charge is -2.27. The molecule has 0 aliphatic heterocycles. The van der Waals surface area contributed by atoms with Crippen molar-refractivity contribution in [2.24, 2.45) is 11.3 Å². The molecular formula is C30H37NO2. The second-order valence-corrected chi connectivity index (χ2v) is 10.9. The van der Waals surface area contributed by atoms with E-state index in [2.05, 4.69) is 67.8 Å². The predicted molar refractivity (Wildman–Crippen MR) is 136 cm³/mol. The lowest BCUT2D eigenvalue weighted by atomic mass is 9.77. The van der Waals surface area contributed by atoms with Crippen LogP contribution in [0.3, 0.4) is 0 Å². The van der Waals surface area contributed by atoms with E-state index < -0.39 is 5.41 Å². The first-order valence-electron chi connectivity index (χ1n) is 12.3. The number of carbonyl (C=O) groups is 2. The molecule has 0 N–H and O–H groups in total. The van der Waals surface area contributed by atoms with E-state index in [0.717, 1.165) is 41.4 Å². The summed E-state index contributed by atoms with van der Waals surface area (Å²) in [4.78, 5) is 26.3. The molecule has 174 valence electrons. The molecule has 1 saturated carbocycles. The monoisotopic (exact) mass is 443 g/mol. The second-order valence-electron chi connectivity index (χ2n) is 10.9. The molecule has 0 atom stereocenters. The van der Waals surface area contributed by atoms with E-state index in [0.29, 0.717) is 18.9 Å². The van der Waals surface area contributed by atoms with E-state index in [1.165, 1.54) is 16.7 Å². The molecule has 3 nitrogen and oxygen atoms in total. The summed E-state index contributed by atoms with van der Waals surface area (Å²) < 4.78 is 2.31. The standard InChI is InChI=1S/C30H37NO2/c1-19(2)24-14-15-26-25(16-24)28(29(33)23-8-7-9-23)27(17-30(5,6)21(4)32)31(26)18-22-12-10-20(3)11-13-22/h10-16,19,23H,7-9,17-18H2,1-6H3. The average molecular weight is 444 g/mol. The van der Waals surface area contributed by atoms with Crippen molar-refractivity contribution in [2.45, 2.75) is 79.7 Å². The number of aryl methyl sites for hydroxylation is 1. The summed E-state index contributed by atoms with van der Waals surface area (Å²) in [5, 5.41) is 1.06. The van der Waals surface area contributed by atoms with Crippen LogP contribution in [0.15, 0.2) is 42.5 Å². The van der Waals surface area contributed by atoms with Gasteiger partial charge >= 0.3 is 0 Å². The van der Waals surface area contributed by atoms with Crippen LogP contribution < -0.4 is 0 Å². The van der Waals surface area contributed by atoms with Crippen LogP contribution in [0, 0.1) is 18.3 Å². The Balaban J connectivity index is 1.97. The minimum absolute atomic E-state index is 0.116. The summed E-state index contributed by atoms with van der Waals surface area (Å²) >= 11 is 0. The van der Waals surface area contributed by atoms with Crippen molar-refractivity contribution in [1.29, 1.82) is 0 Å². The summed E-state index contributed by atoms with van der Waals surface area (Å²) in [5.74, 6) is 0.924. The summed E-state index contributed by atoms with van der Waals surface area (Å²) in [6, 6.07) is 15.2. The molecule has 0 bridgehead atoms. The van der Waals surface area contributed by atoms with Crippen LogP contribution in [0.1, 0.15) is 92.5 Å². The third kappa shape index (κ3) is 4.55. The van der Waals surface area contributed by atoms with E-state index in [-0.39, 0.29) is 17.5 Å². The Kier molecular flexibility index (Phi) is 6.35. The zero-order valence-electron chi connectivity index (χ0n) is 21.0. The maximum Gasteiger partial charge on any atom is 0.168 e. The molecule has 4 rings (SSSR count). The first-order chi connectivity index (χ1) is 15.6. The van der Waals surface area contributed by atoms with Crippen molar-refractivity contribution in [1.82, 2.24) is 4.57 Å². The van der Waals surface area contributed by atoms with Gasteiger partial charge < -0.3 is 4.57 Å². The average Bonchev–Trinajstić information content (AvgIpc) is 3.00. The molecule has 1 aliphatic carbocycles. The van der Waals surface area contributed by atoms with E-state index in [9.17, 15) is 9.59 Å². The number of Topliss-reactive ketones (excluding diaryl/α,β-unsaturated/α-hetero) is 2. The van der Waals surface area contributed by atoms with E-state index >= 15 is 0 Å². The van der Waals surface area contributed by atoms with Gasteiger partial charge in [0.2, 0.25) is 0 Å². The Morgan fingerprint density at radius 1 is 1.06 bits per heavy atom. The lowest BCUT2D eigenvalue weighted by molar-refractivity contribution is -0.124. The van der Waals surface area contributed by atoms with Gasteiger partial charge in [-0.2, -0.15) is 0 Å². The van der Waals surface area contributed by atoms with Gasteiger partial charge in [0, 0.05) is 46.5 Å². The number of fused-ring (bicyclic) bond motifs is 1. The van der Waals surface area contributed by atoms with Crippen LogP contribution in [0.2, 0.25) is 0 Å². The quantitative estimate of drug-likeness (QED) is 0.344. The van der Waals surface area contributed by atoms with Crippen molar-refractivity contribution < 1.29 is 9.59 Å². The number of ketones is 2. The van der Waals surface area contributed by atoms with E-state index in [1.807, 2.05) is 13.8 Å². The first kappa shape index (κ1) is 23.5. The number of nitrogens with zero attached hydrogens (tertiary/aromatic N) is 1. The van der Waals surface area contributed by atoms with Crippen LogP contribution in [0.5, 0.6) is 0 Å². The van der Waals surface area contributed by atoms with Crippen molar-refractivity contribution in [2.75, 3.05) is 0 Å². The first-order valence-corrected chi connectivity index (χ1v) is 12.3. The van der Waals surface area contributed by atoms with Crippen molar-refractivity contribution in [3.05, 3.63) is 70.4 Å². The fraction of sp³-hybridized carbons (Fsp3) is 0.467. The molecule has 2 aromatic carbocycles. The Morgan fingerprint density at radius 2 is 1.73 bits per heavy atom. The zero-order chi connectivity index (χ0) is 23.9. The molecule has 0 unspecified atom stereocenters. The number of benzene rings is 2. The highest BCUT2D eigenvalue weighted by atomic mass is 16.1. The molecule has 0 spiro atoms. The molecule has 3 heteroatoms. The summed E-state index contributed by atoms with van der Waals surface area (Å²) in [6.07, 6.45) is 3.64.